The Kier molecular flexibility index (Phi) is 9.36. The molecular formula is C21H21F3N4O5. The molecule has 0 aliphatic rings. The first-order valence-corrected chi connectivity index (χ1v) is 9.50. The highest BCUT2D eigenvalue weighted by atomic mass is 19.4. The maximum Gasteiger partial charge on any atom is 0.416 e. The van der Waals surface area contributed by atoms with Gasteiger partial charge in [0.2, 0.25) is 0 Å². The van der Waals surface area contributed by atoms with Crippen molar-refractivity contribution < 1.29 is 37.0 Å². The smallest absolute Gasteiger partial charge is 0.416 e. The van der Waals surface area contributed by atoms with E-state index in [0.717, 1.165) is 12.1 Å². The third-order valence-corrected chi connectivity index (χ3v) is 3.92. The van der Waals surface area contributed by atoms with E-state index in [9.17, 15) is 27.6 Å². The Morgan fingerprint density at radius 2 is 1.82 bits per heavy atom. The molecular weight excluding hydrogens is 445 g/mol. The summed E-state index contributed by atoms with van der Waals surface area (Å²) in [4.78, 5) is 35.3. The Labute approximate surface area is 186 Å². The number of hydrazone groups is 1. The summed E-state index contributed by atoms with van der Waals surface area (Å²) in [6, 6.07) is 10.6. The van der Waals surface area contributed by atoms with Gasteiger partial charge < -0.3 is 20.1 Å². The molecule has 0 aliphatic carbocycles. The Balaban J connectivity index is 1.91. The quantitative estimate of drug-likeness (QED) is 0.226. The number of methoxy groups -OCH3 is 1. The van der Waals surface area contributed by atoms with E-state index in [1.54, 1.807) is 18.2 Å². The number of rotatable bonds is 9. The van der Waals surface area contributed by atoms with Gasteiger partial charge in [-0.15, -0.1) is 0 Å². The molecule has 2 aromatic rings. The van der Waals surface area contributed by atoms with Crippen LogP contribution < -0.4 is 20.8 Å². The summed E-state index contributed by atoms with van der Waals surface area (Å²) in [6.45, 7) is -0.0879. The minimum atomic E-state index is -4.53. The largest absolute Gasteiger partial charge is 0.483 e. The van der Waals surface area contributed by atoms with Crippen LogP contribution in [0.4, 0.5) is 18.9 Å². The first kappa shape index (κ1) is 25.3. The second kappa shape index (κ2) is 12.2. The number of amides is 3. The average molecular weight is 466 g/mol. The van der Waals surface area contributed by atoms with Crippen LogP contribution in [-0.4, -0.2) is 50.8 Å². The van der Waals surface area contributed by atoms with E-state index in [1.807, 2.05) is 0 Å². The molecule has 0 aliphatic heterocycles. The predicted molar refractivity (Wildman–Crippen MR) is 113 cm³/mol. The zero-order valence-corrected chi connectivity index (χ0v) is 17.4. The van der Waals surface area contributed by atoms with Crippen LogP contribution >= 0.6 is 0 Å². The fourth-order valence-corrected chi connectivity index (χ4v) is 2.39. The highest BCUT2D eigenvalue weighted by Gasteiger charge is 2.30. The molecule has 2 rings (SSSR count). The molecule has 9 nitrogen and oxygen atoms in total. The Morgan fingerprint density at radius 1 is 1.06 bits per heavy atom. The van der Waals surface area contributed by atoms with Gasteiger partial charge in [0.05, 0.1) is 18.4 Å². The molecule has 0 aromatic heterocycles. The molecule has 33 heavy (non-hydrogen) atoms. The molecule has 0 atom stereocenters. The van der Waals surface area contributed by atoms with E-state index in [0.29, 0.717) is 5.56 Å². The summed E-state index contributed by atoms with van der Waals surface area (Å²) in [6.07, 6.45) is -3.32. The van der Waals surface area contributed by atoms with E-state index in [2.05, 4.69) is 21.2 Å². The van der Waals surface area contributed by atoms with E-state index >= 15 is 0 Å². The molecule has 0 unspecified atom stereocenters. The van der Waals surface area contributed by atoms with E-state index < -0.39 is 36.1 Å². The fourth-order valence-electron chi connectivity index (χ4n) is 2.39. The number of nitrogens with one attached hydrogen (secondary N) is 3. The minimum absolute atomic E-state index is 0.0280. The lowest BCUT2D eigenvalue weighted by Crippen LogP contribution is -2.39. The number of anilines is 1. The summed E-state index contributed by atoms with van der Waals surface area (Å²) in [7, 11) is 1.45. The number of carbonyl (C=O) groups excluding carboxylic acids is 3. The van der Waals surface area contributed by atoms with Crippen molar-refractivity contribution in [3.05, 3.63) is 59.7 Å². The molecule has 0 spiro atoms. The second-order valence-electron chi connectivity index (χ2n) is 6.40. The number of carbonyl (C=O) groups is 3. The van der Waals surface area contributed by atoms with Gasteiger partial charge >= 0.3 is 18.0 Å². The van der Waals surface area contributed by atoms with Crippen molar-refractivity contribution in [2.45, 2.75) is 6.18 Å². The molecule has 12 heteroatoms. The number of para-hydroxylation sites is 1. The Morgan fingerprint density at radius 3 is 2.55 bits per heavy atom. The Hall–Kier alpha value is -3.93. The number of alkyl halides is 3. The normalized spacial score (nSPS) is 11.2. The van der Waals surface area contributed by atoms with Crippen LogP contribution in [0.3, 0.4) is 0 Å². The number of hydrogen-bond donors (Lipinski definition) is 3. The van der Waals surface area contributed by atoms with Crippen molar-refractivity contribution in [2.75, 3.05) is 32.2 Å². The van der Waals surface area contributed by atoms with Gasteiger partial charge in [-0.2, -0.15) is 18.3 Å². The second-order valence-corrected chi connectivity index (χ2v) is 6.40. The minimum Gasteiger partial charge on any atom is -0.483 e. The van der Waals surface area contributed by atoms with E-state index in [1.165, 1.54) is 31.5 Å². The monoisotopic (exact) mass is 466 g/mol. The SMILES string of the molecule is COCCNC(=O)C(=O)N/N=C\c1ccccc1OCC(=O)Nc1cccc(C(F)(F)F)c1. The van der Waals surface area contributed by atoms with Crippen LogP contribution in [0.5, 0.6) is 5.75 Å². The molecule has 0 saturated carbocycles. The zero-order chi connectivity index (χ0) is 24.3. The first-order chi connectivity index (χ1) is 15.7. The highest BCUT2D eigenvalue weighted by Crippen LogP contribution is 2.30. The first-order valence-electron chi connectivity index (χ1n) is 9.50. The third kappa shape index (κ3) is 8.61. The molecule has 2 aromatic carbocycles. The van der Waals surface area contributed by atoms with Gasteiger partial charge in [-0.3, -0.25) is 14.4 Å². The van der Waals surface area contributed by atoms with Gasteiger partial charge in [0.1, 0.15) is 5.75 Å². The number of ether oxygens (including phenoxy) is 2. The van der Waals surface area contributed by atoms with Crippen LogP contribution in [0.1, 0.15) is 11.1 Å². The lowest BCUT2D eigenvalue weighted by Gasteiger charge is -2.11. The van der Waals surface area contributed by atoms with Gasteiger partial charge in [0.25, 0.3) is 5.91 Å². The maximum atomic E-state index is 12.8. The van der Waals surface area contributed by atoms with Gasteiger partial charge in [0.15, 0.2) is 6.61 Å². The van der Waals surface area contributed by atoms with Crippen LogP contribution in [0, 0.1) is 0 Å². The van der Waals surface area contributed by atoms with Crippen molar-refractivity contribution in [2.24, 2.45) is 5.10 Å². The summed E-state index contributed by atoms with van der Waals surface area (Å²) in [5, 5.41) is 8.33. The number of halogens is 3. The topological polar surface area (TPSA) is 118 Å². The molecule has 0 heterocycles. The molecule has 0 fully saturated rings. The zero-order valence-electron chi connectivity index (χ0n) is 17.4. The molecule has 176 valence electrons. The van der Waals surface area contributed by atoms with Crippen molar-refractivity contribution in [1.29, 1.82) is 0 Å². The van der Waals surface area contributed by atoms with Gasteiger partial charge in [-0.25, -0.2) is 5.43 Å². The average Bonchev–Trinajstić information content (AvgIpc) is 2.78. The molecule has 0 radical (unpaired) electrons. The van der Waals surface area contributed by atoms with Crippen molar-refractivity contribution in [3.63, 3.8) is 0 Å². The van der Waals surface area contributed by atoms with Gasteiger partial charge in [-0.1, -0.05) is 18.2 Å². The van der Waals surface area contributed by atoms with Gasteiger partial charge in [-0.05, 0) is 30.3 Å². The molecule has 3 amide bonds. The molecule has 3 N–H and O–H groups in total. The van der Waals surface area contributed by atoms with Crippen molar-refractivity contribution in [1.82, 2.24) is 10.7 Å². The van der Waals surface area contributed by atoms with E-state index in [4.69, 9.17) is 9.47 Å². The summed E-state index contributed by atoms with van der Waals surface area (Å²) in [5.41, 5.74) is 1.51. The molecule has 0 saturated heterocycles. The van der Waals surface area contributed by atoms with Crippen molar-refractivity contribution >= 4 is 29.6 Å². The molecule has 0 bridgehead atoms. The number of benzene rings is 2. The lowest BCUT2D eigenvalue weighted by molar-refractivity contribution is -0.139. The fraction of sp³-hybridized carbons (Fsp3) is 0.238. The number of hydrogen-bond acceptors (Lipinski definition) is 6. The van der Waals surface area contributed by atoms with Crippen molar-refractivity contribution in [3.8, 4) is 5.75 Å². The summed E-state index contributed by atoms with van der Waals surface area (Å²) in [5.74, 6) is -2.33. The van der Waals surface area contributed by atoms with Crippen LogP contribution in [0.15, 0.2) is 53.6 Å². The lowest BCUT2D eigenvalue weighted by atomic mass is 10.2. The van der Waals surface area contributed by atoms with Crippen LogP contribution in [-0.2, 0) is 25.3 Å². The van der Waals surface area contributed by atoms with Gasteiger partial charge in [0, 0.05) is 24.9 Å². The standard InChI is InChI=1S/C21H21F3N4O5/c1-32-10-9-25-19(30)20(31)28-26-12-14-5-2-3-8-17(14)33-13-18(29)27-16-7-4-6-15(11-16)21(22,23)24/h2-8,11-12H,9-10,13H2,1H3,(H,25,30)(H,27,29)(H,28,31)/b26-12-. The Bertz CT molecular complexity index is 1010. The summed E-state index contributed by atoms with van der Waals surface area (Å²) >= 11 is 0. The summed E-state index contributed by atoms with van der Waals surface area (Å²) < 4.78 is 48.5. The van der Waals surface area contributed by atoms with E-state index in [-0.39, 0.29) is 24.6 Å². The predicted octanol–water partition coefficient (Wildman–Crippen LogP) is 1.94. The van der Waals surface area contributed by atoms with Crippen LogP contribution in [0.2, 0.25) is 0 Å². The highest BCUT2D eigenvalue weighted by molar-refractivity contribution is 6.35. The third-order valence-electron chi connectivity index (χ3n) is 3.92. The number of nitrogens with zero attached hydrogens (tertiary/aromatic N) is 1. The maximum absolute atomic E-state index is 12.8. The van der Waals surface area contributed by atoms with Crippen LogP contribution in [0.25, 0.3) is 0 Å².